The molecule has 1 amide bonds. The maximum atomic E-state index is 11.6. The van der Waals surface area contributed by atoms with E-state index >= 15 is 0 Å². The van der Waals surface area contributed by atoms with Gasteiger partial charge in [0.25, 0.3) is 0 Å². The van der Waals surface area contributed by atoms with Gasteiger partial charge in [-0.25, -0.2) is 9.59 Å². The Morgan fingerprint density at radius 2 is 1.74 bits per heavy atom. The molecule has 104 valence electrons. The number of carbonyl (C=O) groups excluding carboxylic acids is 1. The molecule has 1 rings (SSSR count). The molecule has 1 heterocycles. The van der Waals surface area contributed by atoms with Crippen molar-refractivity contribution in [3.8, 4) is 0 Å². The molecule has 9 nitrogen and oxygen atoms in total. The van der Waals surface area contributed by atoms with Crippen LogP contribution in [0.3, 0.4) is 0 Å². The Hall–Kier alpha value is -2.42. The van der Waals surface area contributed by atoms with E-state index in [1.165, 1.54) is 0 Å². The van der Waals surface area contributed by atoms with E-state index in [0.717, 1.165) is 4.90 Å². The van der Waals surface area contributed by atoms with Gasteiger partial charge in [0.15, 0.2) is 0 Å². The van der Waals surface area contributed by atoms with Gasteiger partial charge in [0.05, 0.1) is 6.54 Å². The molecule has 5 N–H and O–H groups in total. The Labute approximate surface area is 106 Å². The van der Waals surface area contributed by atoms with E-state index in [1.54, 1.807) is 0 Å². The molecule has 0 spiro atoms. The van der Waals surface area contributed by atoms with Crippen LogP contribution in [0.15, 0.2) is 12.2 Å². The van der Waals surface area contributed by atoms with Gasteiger partial charge in [-0.3, -0.25) is 9.59 Å². The van der Waals surface area contributed by atoms with Crippen molar-refractivity contribution in [2.45, 2.75) is 18.0 Å². The molecule has 0 saturated carbocycles. The molecule has 0 aliphatic carbocycles. The van der Waals surface area contributed by atoms with Crippen LogP contribution in [0.1, 0.15) is 6.42 Å². The molecule has 2 atom stereocenters. The first-order valence-corrected chi connectivity index (χ1v) is 5.14. The van der Waals surface area contributed by atoms with Crippen molar-refractivity contribution in [3.63, 3.8) is 0 Å². The second-order valence-electron chi connectivity index (χ2n) is 4.16. The molecule has 0 radical (unpaired) electrons. The summed E-state index contributed by atoms with van der Waals surface area (Å²) >= 11 is 0. The molecular formula is C10H12N2O7. The van der Waals surface area contributed by atoms with Crippen LogP contribution < -0.4 is 5.73 Å². The Balaban J connectivity index is 2.98. The third-order valence-electron chi connectivity index (χ3n) is 2.75. The smallest absolute Gasteiger partial charge is 0.328 e. The van der Waals surface area contributed by atoms with Crippen LogP contribution in [0, 0.1) is 0 Å². The van der Waals surface area contributed by atoms with Crippen LogP contribution in [-0.2, 0) is 19.2 Å². The van der Waals surface area contributed by atoms with Crippen LogP contribution in [0.25, 0.3) is 0 Å². The zero-order chi connectivity index (χ0) is 14.8. The number of amides is 1. The first-order chi connectivity index (χ1) is 8.67. The number of hydrogen-bond donors (Lipinski definition) is 4. The number of aliphatic carboxylic acids is 3. The summed E-state index contributed by atoms with van der Waals surface area (Å²) in [6.07, 6.45) is 0.759. The van der Waals surface area contributed by atoms with E-state index in [4.69, 9.17) is 21.1 Å². The van der Waals surface area contributed by atoms with Gasteiger partial charge in [-0.2, -0.15) is 0 Å². The highest BCUT2D eigenvalue weighted by Gasteiger charge is 2.50. The lowest BCUT2D eigenvalue weighted by Crippen LogP contribution is -2.50. The second kappa shape index (κ2) is 5.06. The number of rotatable bonds is 4. The number of carbonyl (C=O) groups is 4. The minimum atomic E-state index is -1.85. The Bertz CT molecular complexity index is 472. The SMILES string of the molecule is N[C@]1(C(=O)O)C[C@H](C(=O)O)N(C(=O)C=CC(=O)O)C1. The van der Waals surface area contributed by atoms with Gasteiger partial charge in [0.2, 0.25) is 5.91 Å². The summed E-state index contributed by atoms with van der Waals surface area (Å²) in [6, 6.07) is -1.40. The molecule has 9 heteroatoms. The van der Waals surface area contributed by atoms with Gasteiger partial charge < -0.3 is 26.0 Å². The summed E-state index contributed by atoms with van der Waals surface area (Å²) in [5.74, 6) is -5.11. The lowest BCUT2D eigenvalue weighted by Gasteiger charge is -2.20. The van der Waals surface area contributed by atoms with Crippen molar-refractivity contribution in [1.29, 1.82) is 0 Å². The predicted molar refractivity (Wildman–Crippen MR) is 59.1 cm³/mol. The summed E-state index contributed by atoms with van der Waals surface area (Å²) in [4.78, 5) is 44.6. The van der Waals surface area contributed by atoms with Gasteiger partial charge in [-0.05, 0) is 0 Å². The molecule has 0 unspecified atom stereocenters. The van der Waals surface area contributed by atoms with E-state index < -0.39 is 48.4 Å². The summed E-state index contributed by atoms with van der Waals surface area (Å²) < 4.78 is 0. The van der Waals surface area contributed by atoms with E-state index in [0.29, 0.717) is 12.2 Å². The predicted octanol–water partition coefficient (Wildman–Crippen LogP) is -1.91. The summed E-state index contributed by atoms with van der Waals surface area (Å²) in [7, 11) is 0. The van der Waals surface area contributed by atoms with Crippen molar-refractivity contribution in [1.82, 2.24) is 4.90 Å². The average Bonchev–Trinajstić information content (AvgIpc) is 2.66. The Kier molecular flexibility index (Phi) is 3.90. The minimum Gasteiger partial charge on any atom is -0.480 e. The summed E-state index contributed by atoms with van der Waals surface area (Å²) in [5.41, 5.74) is 3.67. The fourth-order valence-electron chi connectivity index (χ4n) is 1.78. The fourth-order valence-corrected chi connectivity index (χ4v) is 1.78. The summed E-state index contributed by atoms with van der Waals surface area (Å²) in [5, 5.41) is 26.2. The molecule has 0 aromatic carbocycles. The van der Waals surface area contributed by atoms with Crippen molar-refractivity contribution in [3.05, 3.63) is 12.2 Å². The molecule has 1 aliphatic heterocycles. The first kappa shape index (κ1) is 14.6. The Morgan fingerprint density at radius 1 is 1.16 bits per heavy atom. The molecule has 0 aromatic heterocycles. The largest absolute Gasteiger partial charge is 0.480 e. The Morgan fingerprint density at radius 3 is 2.16 bits per heavy atom. The topological polar surface area (TPSA) is 158 Å². The second-order valence-corrected chi connectivity index (χ2v) is 4.16. The highest BCUT2D eigenvalue weighted by Crippen LogP contribution is 2.26. The van der Waals surface area contributed by atoms with Crippen LogP contribution in [0.4, 0.5) is 0 Å². The lowest BCUT2D eigenvalue weighted by atomic mass is 9.98. The van der Waals surface area contributed by atoms with Crippen molar-refractivity contribution in [2.24, 2.45) is 5.73 Å². The quantitative estimate of drug-likeness (QED) is 0.432. The van der Waals surface area contributed by atoms with E-state index in [2.05, 4.69) is 0 Å². The zero-order valence-electron chi connectivity index (χ0n) is 9.65. The van der Waals surface area contributed by atoms with Gasteiger partial charge >= 0.3 is 17.9 Å². The monoisotopic (exact) mass is 272 g/mol. The number of likely N-dealkylation sites (tertiary alicyclic amines) is 1. The molecule has 1 saturated heterocycles. The maximum Gasteiger partial charge on any atom is 0.328 e. The van der Waals surface area contributed by atoms with Gasteiger partial charge in [-0.15, -0.1) is 0 Å². The van der Waals surface area contributed by atoms with E-state index in [-0.39, 0.29) is 0 Å². The highest BCUT2D eigenvalue weighted by molar-refractivity contribution is 5.97. The van der Waals surface area contributed by atoms with Crippen molar-refractivity contribution >= 4 is 23.8 Å². The number of carboxylic acid groups (broad SMARTS) is 3. The van der Waals surface area contributed by atoms with Crippen LogP contribution >= 0.6 is 0 Å². The van der Waals surface area contributed by atoms with E-state index in [9.17, 15) is 19.2 Å². The maximum absolute atomic E-state index is 11.6. The molecule has 1 aliphatic rings. The number of nitrogens with two attached hydrogens (primary N) is 1. The van der Waals surface area contributed by atoms with Crippen LogP contribution in [-0.4, -0.2) is 62.2 Å². The summed E-state index contributed by atoms with van der Waals surface area (Å²) in [6.45, 7) is -0.498. The van der Waals surface area contributed by atoms with Gasteiger partial charge in [0.1, 0.15) is 11.6 Å². The average molecular weight is 272 g/mol. The fraction of sp³-hybridized carbons (Fsp3) is 0.400. The highest BCUT2D eigenvalue weighted by atomic mass is 16.4. The van der Waals surface area contributed by atoms with Gasteiger partial charge in [-0.1, -0.05) is 0 Å². The number of nitrogens with zero attached hydrogens (tertiary/aromatic N) is 1. The van der Waals surface area contributed by atoms with Crippen molar-refractivity contribution in [2.75, 3.05) is 6.54 Å². The minimum absolute atomic E-state index is 0.440. The molecule has 0 aromatic rings. The number of carboxylic acids is 3. The lowest BCUT2D eigenvalue weighted by molar-refractivity contribution is -0.146. The molecule has 19 heavy (non-hydrogen) atoms. The van der Waals surface area contributed by atoms with Crippen molar-refractivity contribution < 1.29 is 34.5 Å². The zero-order valence-corrected chi connectivity index (χ0v) is 9.65. The normalized spacial score (nSPS) is 26.6. The van der Waals surface area contributed by atoms with E-state index in [1.807, 2.05) is 0 Å². The first-order valence-electron chi connectivity index (χ1n) is 5.14. The molecule has 1 fully saturated rings. The van der Waals surface area contributed by atoms with Gasteiger partial charge in [0, 0.05) is 18.6 Å². The van der Waals surface area contributed by atoms with Crippen LogP contribution in [0.2, 0.25) is 0 Å². The van der Waals surface area contributed by atoms with Crippen LogP contribution in [0.5, 0.6) is 0 Å². The molecule has 0 bridgehead atoms. The number of hydrogen-bond acceptors (Lipinski definition) is 5. The third-order valence-corrected chi connectivity index (χ3v) is 2.75. The standard InChI is InChI=1S/C10H12N2O7/c11-10(9(18)19)3-5(8(16)17)12(4-10)6(13)1-2-7(14)15/h1-2,5H,3-4,11H2,(H,14,15)(H,16,17)(H,18,19)/t5-,10-/m1/s1. The molecular weight excluding hydrogens is 260 g/mol. The third kappa shape index (κ3) is 3.07.